The average Bonchev–Trinajstić information content (AvgIpc) is 3.32. The molecule has 1 amide bonds. The summed E-state index contributed by atoms with van der Waals surface area (Å²) in [5.41, 5.74) is 2.25. The summed E-state index contributed by atoms with van der Waals surface area (Å²) in [5.74, 6) is 1.99. The zero-order chi connectivity index (χ0) is 19.4. The summed E-state index contributed by atoms with van der Waals surface area (Å²) in [5, 5.41) is 13.8. The first-order valence-corrected chi connectivity index (χ1v) is 8.71. The molecule has 3 rings (SSSR count). The normalized spacial score (nSPS) is 12.0. The van der Waals surface area contributed by atoms with Crippen LogP contribution >= 0.6 is 0 Å². The van der Waals surface area contributed by atoms with Crippen LogP contribution in [0.4, 0.5) is 0 Å². The van der Waals surface area contributed by atoms with Crippen LogP contribution in [0.3, 0.4) is 0 Å². The van der Waals surface area contributed by atoms with Gasteiger partial charge in [-0.1, -0.05) is 29.8 Å². The molecule has 27 heavy (non-hydrogen) atoms. The lowest BCUT2D eigenvalue weighted by atomic mass is 10.1. The Morgan fingerprint density at radius 3 is 2.81 bits per heavy atom. The van der Waals surface area contributed by atoms with Crippen molar-refractivity contribution in [2.24, 2.45) is 0 Å². The van der Waals surface area contributed by atoms with Gasteiger partial charge in [0.15, 0.2) is 11.6 Å². The standard InChI is InChI=1S/C19H23N5O3/c1-12-5-7-16(13(2)9-12)26-11-15-6-8-17(27-15)19(25)24(4)10-14(3)18-20-22-23-21-18/h5-9,14H,10-11H2,1-4H3,(H,20,21,22,23). The molecule has 0 aliphatic heterocycles. The highest BCUT2D eigenvalue weighted by Gasteiger charge is 2.20. The number of likely N-dealkylation sites (N-methyl/N-ethyl adjacent to an activating group) is 1. The number of aromatic amines is 1. The molecule has 0 fully saturated rings. The quantitative estimate of drug-likeness (QED) is 0.688. The number of hydrogen-bond acceptors (Lipinski definition) is 6. The van der Waals surface area contributed by atoms with E-state index in [-0.39, 0.29) is 24.2 Å². The number of nitrogens with one attached hydrogen (secondary N) is 1. The lowest BCUT2D eigenvalue weighted by Crippen LogP contribution is -2.30. The number of furan rings is 1. The summed E-state index contributed by atoms with van der Waals surface area (Å²) < 4.78 is 11.5. The molecule has 8 nitrogen and oxygen atoms in total. The van der Waals surface area contributed by atoms with Gasteiger partial charge in [0.1, 0.15) is 18.1 Å². The van der Waals surface area contributed by atoms with Crippen LogP contribution < -0.4 is 4.74 Å². The highest BCUT2D eigenvalue weighted by molar-refractivity contribution is 5.91. The second-order valence-electron chi connectivity index (χ2n) is 6.68. The van der Waals surface area contributed by atoms with Gasteiger partial charge in [0.25, 0.3) is 5.91 Å². The Morgan fingerprint density at radius 1 is 1.30 bits per heavy atom. The van der Waals surface area contributed by atoms with E-state index in [1.807, 2.05) is 32.9 Å². The van der Waals surface area contributed by atoms with E-state index in [1.54, 1.807) is 24.1 Å². The topological polar surface area (TPSA) is 97.1 Å². The fourth-order valence-electron chi connectivity index (χ4n) is 2.82. The number of benzene rings is 1. The van der Waals surface area contributed by atoms with E-state index < -0.39 is 0 Å². The number of hydrogen-bond donors (Lipinski definition) is 1. The number of carbonyl (C=O) groups is 1. The minimum atomic E-state index is -0.205. The molecule has 2 heterocycles. The van der Waals surface area contributed by atoms with E-state index in [9.17, 15) is 4.79 Å². The number of nitrogens with zero attached hydrogens (tertiary/aromatic N) is 4. The predicted octanol–water partition coefficient (Wildman–Crippen LogP) is 2.86. The van der Waals surface area contributed by atoms with Crippen LogP contribution in [0.2, 0.25) is 0 Å². The Hall–Kier alpha value is -3.16. The minimum absolute atomic E-state index is 0.0417. The first-order valence-electron chi connectivity index (χ1n) is 8.71. The van der Waals surface area contributed by atoms with Crippen LogP contribution in [0.25, 0.3) is 0 Å². The third-order valence-electron chi connectivity index (χ3n) is 4.27. The van der Waals surface area contributed by atoms with E-state index in [4.69, 9.17) is 9.15 Å². The van der Waals surface area contributed by atoms with Gasteiger partial charge in [-0.25, -0.2) is 0 Å². The zero-order valence-electron chi connectivity index (χ0n) is 15.9. The van der Waals surface area contributed by atoms with Gasteiger partial charge >= 0.3 is 0 Å². The maximum Gasteiger partial charge on any atom is 0.289 e. The minimum Gasteiger partial charge on any atom is -0.485 e. The molecule has 0 bridgehead atoms. The Labute approximate surface area is 157 Å². The molecule has 0 radical (unpaired) electrons. The number of aromatic nitrogens is 4. The molecule has 8 heteroatoms. The van der Waals surface area contributed by atoms with Crippen molar-refractivity contribution in [1.29, 1.82) is 0 Å². The Kier molecular flexibility index (Phi) is 5.54. The lowest BCUT2D eigenvalue weighted by molar-refractivity contribution is 0.0751. The number of tetrazole rings is 1. The van der Waals surface area contributed by atoms with Gasteiger partial charge in [0.05, 0.1) is 0 Å². The van der Waals surface area contributed by atoms with Gasteiger partial charge in [0.2, 0.25) is 0 Å². The smallest absolute Gasteiger partial charge is 0.289 e. The van der Waals surface area contributed by atoms with E-state index in [2.05, 4.69) is 26.7 Å². The molecule has 1 N–H and O–H groups in total. The van der Waals surface area contributed by atoms with Gasteiger partial charge in [-0.15, -0.1) is 10.2 Å². The van der Waals surface area contributed by atoms with E-state index >= 15 is 0 Å². The fraction of sp³-hybridized carbons (Fsp3) is 0.368. The Morgan fingerprint density at radius 2 is 2.11 bits per heavy atom. The number of carbonyl (C=O) groups excluding carboxylic acids is 1. The maximum absolute atomic E-state index is 12.6. The van der Waals surface area contributed by atoms with Crippen LogP contribution in [0, 0.1) is 13.8 Å². The molecule has 0 saturated heterocycles. The lowest BCUT2D eigenvalue weighted by Gasteiger charge is -2.18. The van der Waals surface area contributed by atoms with Crippen LogP contribution in [0.1, 0.15) is 46.1 Å². The molecule has 1 aromatic carbocycles. The van der Waals surface area contributed by atoms with Crippen molar-refractivity contribution in [1.82, 2.24) is 25.5 Å². The van der Waals surface area contributed by atoms with Gasteiger partial charge < -0.3 is 14.1 Å². The molecule has 3 aromatic rings. The largest absolute Gasteiger partial charge is 0.485 e. The summed E-state index contributed by atoms with van der Waals surface area (Å²) in [6.07, 6.45) is 0. The highest BCUT2D eigenvalue weighted by Crippen LogP contribution is 2.21. The molecule has 2 aromatic heterocycles. The van der Waals surface area contributed by atoms with E-state index in [0.717, 1.165) is 11.3 Å². The average molecular weight is 369 g/mol. The monoisotopic (exact) mass is 369 g/mol. The summed E-state index contributed by atoms with van der Waals surface area (Å²) in [6, 6.07) is 9.42. The third kappa shape index (κ3) is 4.52. The maximum atomic E-state index is 12.6. The molecule has 142 valence electrons. The van der Waals surface area contributed by atoms with Gasteiger partial charge in [0, 0.05) is 19.5 Å². The molecule has 0 spiro atoms. The van der Waals surface area contributed by atoms with Crippen LogP contribution in [-0.4, -0.2) is 45.0 Å². The fourth-order valence-corrected chi connectivity index (χ4v) is 2.82. The third-order valence-corrected chi connectivity index (χ3v) is 4.27. The summed E-state index contributed by atoms with van der Waals surface area (Å²) in [4.78, 5) is 14.1. The van der Waals surface area contributed by atoms with Crippen LogP contribution in [0.5, 0.6) is 5.75 Å². The van der Waals surface area contributed by atoms with Gasteiger partial charge in [-0.05, 0) is 37.6 Å². The summed E-state index contributed by atoms with van der Waals surface area (Å²) >= 11 is 0. The number of H-pyrrole nitrogens is 1. The molecular weight excluding hydrogens is 346 g/mol. The zero-order valence-corrected chi connectivity index (χ0v) is 15.9. The molecule has 1 unspecified atom stereocenters. The van der Waals surface area contributed by atoms with Crippen molar-refractivity contribution in [3.05, 3.63) is 58.8 Å². The summed E-state index contributed by atoms with van der Waals surface area (Å²) in [7, 11) is 1.72. The molecule has 0 saturated carbocycles. The van der Waals surface area contributed by atoms with Crippen molar-refractivity contribution in [3.8, 4) is 5.75 Å². The van der Waals surface area contributed by atoms with Gasteiger partial charge in [-0.3, -0.25) is 4.79 Å². The van der Waals surface area contributed by atoms with Crippen LogP contribution in [-0.2, 0) is 6.61 Å². The van der Waals surface area contributed by atoms with E-state index in [0.29, 0.717) is 18.1 Å². The molecule has 0 aliphatic rings. The summed E-state index contributed by atoms with van der Waals surface area (Å²) in [6.45, 7) is 6.68. The predicted molar refractivity (Wildman–Crippen MR) is 98.5 cm³/mol. The second kappa shape index (κ2) is 8.03. The number of rotatable bonds is 7. The van der Waals surface area contributed by atoms with Crippen molar-refractivity contribution in [3.63, 3.8) is 0 Å². The van der Waals surface area contributed by atoms with E-state index in [1.165, 1.54) is 5.56 Å². The van der Waals surface area contributed by atoms with Crippen molar-refractivity contribution in [2.75, 3.05) is 13.6 Å². The number of amides is 1. The van der Waals surface area contributed by atoms with Crippen molar-refractivity contribution in [2.45, 2.75) is 33.3 Å². The highest BCUT2D eigenvalue weighted by atomic mass is 16.5. The molecule has 1 atom stereocenters. The second-order valence-corrected chi connectivity index (χ2v) is 6.68. The Balaban J connectivity index is 1.58. The van der Waals surface area contributed by atoms with Gasteiger partial charge in [-0.2, -0.15) is 5.21 Å². The number of ether oxygens (including phenoxy) is 1. The van der Waals surface area contributed by atoms with Crippen molar-refractivity contribution >= 4 is 5.91 Å². The van der Waals surface area contributed by atoms with Crippen LogP contribution in [0.15, 0.2) is 34.7 Å². The first kappa shape index (κ1) is 18.6. The Bertz CT molecular complexity index is 904. The number of aryl methyl sites for hydroxylation is 2. The molecular formula is C19H23N5O3. The SMILES string of the molecule is Cc1ccc(OCc2ccc(C(=O)N(C)CC(C)c3nn[nH]n3)o2)c(C)c1. The first-order chi connectivity index (χ1) is 12.9. The molecule has 0 aliphatic carbocycles. The van der Waals surface area contributed by atoms with Crippen molar-refractivity contribution < 1.29 is 13.9 Å².